The summed E-state index contributed by atoms with van der Waals surface area (Å²) in [7, 11) is 0. The number of rotatable bonds is 4. The second-order valence-corrected chi connectivity index (χ2v) is 8.02. The molecular formula is C23H29N2O+. The van der Waals surface area contributed by atoms with Gasteiger partial charge in [0.05, 0.1) is 12.1 Å². The molecule has 26 heavy (non-hydrogen) atoms. The smallest absolute Gasteiger partial charge is 0.251 e. The van der Waals surface area contributed by atoms with Crippen LogP contribution < -0.4 is 10.2 Å². The van der Waals surface area contributed by atoms with Crippen LogP contribution in [0.4, 0.5) is 0 Å². The molecule has 1 amide bonds. The molecule has 0 radical (unpaired) electrons. The van der Waals surface area contributed by atoms with Gasteiger partial charge in [0.2, 0.25) is 0 Å². The van der Waals surface area contributed by atoms with E-state index in [1.54, 1.807) is 4.90 Å². The Morgan fingerprint density at radius 2 is 1.65 bits per heavy atom. The summed E-state index contributed by atoms with van der Waals surface area (Å²) >= 11 is 0. The Kier molecular flexibility index (Phi) is 5.07. The number of aryl methyl sites for hydroxylation is 1. The van der Waals surface area contributed by atoms with Crippen molar-refractivity contribution >= 4 is 5.91 Å². The van der Waals surface area contributed by atoms with Crippen molar-refractivity contribution in [3.05, 3.63) is 71.3 Å². The Balaban J connectivity index is 1.43. The van der Waals surface area contributed by atoms with Gasteiger partial charge in [-0.2, -0.15) is 0 Å². The normalized spacial score (nSPS) is 27.7. The van der Waals surface area contributed by atoms with Crippen LogP contribution in [0.3, 0.4) is 0 Å². The van der Waals surface area contributed by atoms with E-state index < -0.39 is 0 Å². The zero-order valence-corrected chi connectivity index (χ0v) is 15.6. The van der Waals surface area contributed by atoms with Crippen LogP contribution in [0.15, 0.2) is 54.6 Å². The van der Waals surface area contributed by atoms with Crippen LogP contribution in [0.1, 0.15) is 53.6 Å². The monoisotopic (exact) mass is 349 g/mol. The van der Waals surface area contributed by atoms with E-state index in [1.165, 1.54) is 24.8 Å². The molecule has 0 saturated carbocycles. The van der Waals surface area contributed by atoms with Gasteiger partial charge in [0.1, 0.15) is 6.54 Å². The fourth-order valence-electron chi connectivity index (χ4n) is 4.97. The molecule has 2 aliphatic rings. The molecule has 2 bridgehead atoms. The van der Waals surface area contributed by atoms with Crippen LogP contribution in [-0.4, -0.2) is 24.0 Å². The molecular weight excluding hydrogens is 320 g/mol. The first-order valence-electron chi connectivity index (χ1n) is 9.96. The number of piperidine rings is 2. The minimum Gasteiger partial charge on any atom is -0.349 e. The van der Waals surface area contributed by atoms with Crippen LogP contribution in [-0.2, 0) is 6.54 Å². The zero-order chi connectivity index (χ0) is 17.9. The highest BCUT2D eigenvalue weighted by Crippen LogP contribution is 2.23. The Hall–Kier alpha value is -2.13. The molecule has 2 heterocycles. The van der Waals surface area contributed by atoms with Gasteiger partial charge in [0, 0.05) is 30.0 Å². The Labute approximate surface area is 156 Å². The molecule has 0 aromatic heterocycles. The van der Waals surface area contributed by atoms with Gasteiger partial charge in [0.15, 0.2) is 0 Å². The lowest BCUT2D eigenvalue weighted by Gasteiger charge is -2.46. The second-order valence-electron chi connectivity index (χ2n) is 8.02. The van der Waals surface area contributed by atoms with Crippen LogP contribution in [0.5, 0.6) is 0 Å². The maximum Gasteiger partial charge on any atom is 0.251 e. The van der Waals surface area contributed by atoms with E-state index in [2.05, 4.69) is 35.6 Å². The Morgan fingerprint density at radius 1 is 1.00 bits per heavy atom. The highest BCUT2D eigenvalue weighted by atomic mass is 16.1. The molecule has 2 fully saturated rings. The number of nitrogens with one attached hydrogen (secondary N) is 2. The topological polar surface area (TPSA) is 33.5 Å². The minimum atomic E-state index is 0.0951. The maximum absolute atomic E-state index is 12.7. The van der Waals surface area contributed by atoms with E-state index in [0.717, 1.165) is 30.5 Å². The summed E-state index contributed by atoms with van der Waals surface area (Å²) in [5, 5.41) is 3.34. The first-order valence-corrected chi connectivity index (χ1v) is 9.96. The van der Waals surface area contributed by atoms with E-state index in [4.69, 9.17) is 0 Å². The van der Waals surface area contributed by atoms with E-state index in [0.29, 0.717) is 18.1 Å². The number of carbonyl (C=O) groups is 1. The lowest BCUT2D eigenvalue weighted by atomic mass is 9.81. The molecule has 2 aromatic carbocycles. The number of amides is 1. The summed E-state index contributed by atoms with van der Waals surface area (Å²) in [6, 6.07) is 20.4. The molecule has 0 aliphatic carbocycles. The van der Waals surface area contributed by atoms with Gasteiger partial charge in [-0.15, -0.1) is 0 Å². The van der Waals surface area contributed by atoms with Gasteiger partial charge in [0.25, 0.3) is 5.91 Å². The second kappa shape index (κ2) is 7.63. The molecule has 3 nitrogen and oxygen atoms in total. The van der Waals surface area contributed by atoms with Gasteiger partial charge in [-0.05, 0) is 37.8 Å². The molecule has 4 rings (SSSR count). The van der Waals surface area contributed by atoms with Crippen LogP contribution >= 0.6 is 0 Å². The third-order valence-corrected chi connectivity index (χ3v) is 6.27. The quantitative estimate of drug-likeness (QED) is 0.874. The molecule has 2 saturated heterocycles. The van der Waals surface area contributed by atoms with Crippen LogP contribution in [0.25, 0.3) is 0 Å². The third kappa shape index (κ3) is 3.68. The number of benzene rings is 2. The van der Waals surface area contributed by atoms with Gasteiger partial charge < -0.3 is 10.2 Å². The molecule has 2 N–H and O–H groups in total. The average molecular weight is 349 g/mol. The van der Waals surface area contributed by atoms with Crippen molar-refractivity contribution in [2.24, 2.45) is 0 Å². The third-order valence-electron chi connectivity index (χ3n) is 6.27. The molecule has 2 aromatic rings. The van der Waals surface area contributed by atoms with Crippen LogP contribution in [0, 0.1) is 6.92 Å². The number of fused-ring (bicyclic) bond motifs is 2. The summed E-state index contributed by atoms with van der Waals surface area (Å²) in [4.78, 5) is 14.4. The number of quaternary nitrogens is 1. The first kappa shape index (κ1) is 17.3. The SMILES string of the molecule is Cc1ccccc1C(=O)NC1C[C@H]2CCC[C@@H](C1)[NH+]2Cc1ccccc1. The molecule has 136 valence electrons. The summed E-state index contributed by atoms with van der Waals surface area (Å²) in [6.45, 7) is 3.13. The largest absolute Gasteiger partial charge is 0.349 e. The molecule has 3 heteroatoms. The van der Waals surface area contributed by atoms with E-state index in [9.17, 15) is 4.79 Å². The number of hydrogen-bond donors (Lipinski definition) is 2. The van der Waals surface area contributed by atoms with Crippen molar-refractivity contribution in [2.75, 3.05) is 0 Å². The van der Waals surface area contributed by atoms with Gasteiger partial charge in [-0.3, -0.25) is 4.79 Å². The highest BCUT2D eigenvalue weighted by molar-refractivity contribution is 5.95. The van der Waals surface area contributed by atoms with E-state index in [-0.39, 0.29) is 5.91 Å². The standard InChI is InChI=1S/C23H28N2O/c1-17-8-5-6-13-22(17)23(26)24-19-14-20-11-7-12-21(15-19)25(20)16-18-9-3-2-4-10-18/h2-6,8-10,13,19-21H,7,11-12,14-16H2,1H3,(H,24,26)/p+1/t19?,20-,21+. The van der Waals surface area contributed by atoms with Crippen molar-refractivity contribution in [3.63, 3.8) is 0 Å². The fraction of sp³-hybridized carbons (Fsp3) is 0.435. The first-order chi connectivity index (χ1) is 12.7. The van der Waals surface area contributed by atoms with Crippen molar-refractivity contribution in [1.82, 2.24) is 5.32 Å². The van der Waals surface area contributed by atoms with Gasteiger partial charge in [-0.25, -0.2) is 0 Å². The van der Waals surface area contributed by atoms with Gasteiger partial charge in [-0.1, -0.05) is 48.5 Å². The van der Waals surface area contributed by atoms with Crippen LogP contribution in [0.2, 0.25) is 0 Å². The number of carbonyl (C=O) groups excluding carboxylic acids is 1. The highest BCUT2D eigenvalue weighted by Gasteiger charge is 2.42. The Morgan fingerprint density at radius 3 is 2.35 bits per heavy atom. The van der Waals surface area contributed by atoms with Crippen molar-refractivity contribution in [3.8, 4) is 0 Å². The minimum absolute atomic E-state index is 0.0951. The Bertz CT molecular complexity index is 744. The zero-order valence-electron chi connectivity index (χ0n) is 15.6. The van der Waals surface area contributed by atoms with E-state index in [1.807, 2.05) is 31.2 Å². The van der Waals surface area contributed by atoms with Crippen molar-refractivity contribution < 1.29 is 9.69 Å². The number of hydrogen-bond acceptors (Lipinski definition) is 1. The average Bonchev–Trinajstić information content (AvgIpc) is 2.63. The lowest BCUT2D eigenvalue weighted by Crippen LogP contribution is -3.20. The van der Waals surface area contributed by atoms with E-state index >= 15 is 0 Å². The molecule has 4 atom stereocenters. The van der Waals surface area contributed by atoms with Crippen molar-refractivity contribution in [1.29, 1.82) is 0 Å². The summed E-state index contributed by atoms with van der Waals surface area (Å²) in [5.74, 6) is 0.0951. The predicted molar refractivity (Wildman–Crippen MR) is 104 cm³/mol. The molecule has 2 unspecified atom stereocenters. The summed E-state index contributed by atoms with van der Waals surface area (Å²) in [6.07, 6.45) is 6.13. The predicted octanol–water partition coefficient (Wildman–Crippen LogP) is 2.89. The molecule has 0 spiro atoms. The maximum atomic E-state index is 12.7. The molecule has 2 aliphatic heterocycles. The van der Waals surface area contributed by atoms with Crippen molar-refractivity contribution in [2.45, 2.75) is 63.7 Å². The lowest BCUT2D eigenvalue weighted by molar-refractivity contribution is -0.973. The van der Waals surface area contributed by atoms with Gasteiger partial charge >= 0.3 is 0 Å². The summed E-state index contributed by atoms with van der Waals surface area (Å²) in [5.41, 5.74) is 3.30. The summed E-state index contributed by atoms with van der Waals surface area (Å²) < 4.78 is 0. The fourth-order valence-corrected chi connectivity index (χ4v) is 4.97.